The topological polar surface area (TPSA) is 92.8 Å². The van der Waals surface area contributed by atoms with Crippen molar-refractivity contribution in [1.29, 1.82) is 0 Å². The van der Waals surface area contributed by atoms with Gasteiger partial charge in [0.2, 0.25) is 11.8 Å². The molecule has 40 heavy (non-hydrogen) atoms. The molecule has 3 aromatic rings. The summed E-state index contributed by atoms with van der Waals surface area (Å²) in [6.45, 7) is 1.44. The van der Waals surface area contributed by atoms with E-state index >= 15 is 0 Å². The normalized spacial score (nSPS) is 22.8. The lowest BCUT2D eigenvalue weighted by Crippen LogP contribution is -2.47. The number of benzene rings is 3. The van der Waals surface area contributed by atoms with Crippen LogP contribution in [0, 0.1) is 11.8 Å². The van der Waals surface area contributed by atoms with Gasteiger partial charge in [0, 0.05) is 22.5 Å². The van der Waals surface area contributed by atoms with E-state index in [2.05, 4.69) is 5.32 Å². The molecule has 1 heterocycles. The maximum Gasteiger partial charge on any atom is 0.329 e. The summed E-state index contributed by atoms with van der Waals surface area (Å²) in [5.74, 6) is -3.60. The number of anilines is 1. The lowest BCUT2D eigenvalue weighted by atomic mass is 9.55. The first-order chi connectivity index (χ1) is 19.4. The highest BCUT2D eigenvalue weighted by atomic mass is 35.5. The molecule has 0 aromatic heterocycles. The van der Waals surface area contributed by atoms with Gasteiger partial charge in [0.25, 0.3) is 5.91 Å². The van der Waals surface area contributed by atoms with Gasteiger partial charge in [-0.3, -0.25) is 19.3 Å². The Morgan fingerprint density at radius 2 is 1.35 bits per heavy atom. The van der Waals surface area contributed by atoms with Crippen molar-refractivity contribution in [2.45, 2.75) is 44.1 Å². The fourth-order valence-electron chi connectivity index (χ4n) is 6.72. The Kier molecular flexibility index (Phi) is 6.92. The van der Waals surface area contributed by atoms with Crippen molar-refractivity contribution in [2.24, 2.45) is 11.8 Å². The highest BCUT2D eigenvalue weighted by Gasteiger charge is 2.63. The van der Waals surface area contributed by atoms with Crippen LogP contribution in [-0.4, -0.2) is 41.2 Å². The second kappa shape index (κ2) is 10.5. The van der Waals surface area contributed by atoms with E-state index in [0.717, 1.165) is 33.6 Å². The van der Waals surface area contributed by atoms with Crippen LogP contribution in [-0.2, 0) is 23.9 Å². The Morgan fingerprint density at radius 1 is 0.850 bits per heavy atom. The molecule has 8 heteroatoms. The summed E-state index contributed by atoms with van der Waals surface area (Å²) in [6.07, 6.45) is 1.67. The molecule has 3 aliphatic carbocycles. The van der Waals surface area contributed by atoms with E-state index in [4.69, 9.17) is 16.3 Å². The Balaban J connectivity index is 1.26. The number of amides is 3. The van der Waals surface area contributed by atoms with Crippen LogP contribution in [0.1, 0.15) is 60.3 Å². The fraction of sp³-hybridized carbons (Fsp3) is 0.312. The lowest BCUT2D eigenvalue weighted by Gasteiger charge is -2.45. The molecule has 1 N–H and O–H groups in total. The number of hydrogen-bond donors (Lipinski definition) is 1. The molecule has 3 aromatic carbocycles. The van der Waals surface area contributed by atoms with Crippen molar-refractivity contribution in [3.05, 3.63) is 100 Å². The van der Waals surface area contributed by atoms with Gasteiger partial charge in [0.05, 0.1) is 11.8 Å². The Morgan fingerprint density at radius 3 is 1.82 bits per heavy atom. The molecule has 2 bridgehead atoms. The predicted octanol–water partition coefficient (Wildman–Crippen LogP) is 5.27. The van der Waals surface area contributed by atoms with Gasteiger partial charge in [-0.2, -0.15) is 0 Å². The molecular weight excluding hydrogens is 528 g/mol. The quantitative estimate of drug-likeness (QED) is 0.301. The summed E-state index contributed by atoms with van der Waals surface area (Å²) in [7, 11) is 0. The molecule has 7 nitrogen and oxygen atoms in total. The standard InChI is InChI=1S/C32H29ClN2O5/c1-2-3-12-24(32(39)40-17-25(36)34-19-15-13-18(33)14-16-19)35-30(37)28-26-20-8-4-5-9-21(20)27(29(28)31(35)38)23-11-7-6-10-22(23)26/h4-11,13-16,24,26-29H,2-3,12,17H2,1H3,(H,34,36)/t24-,26?,27?,28-,29+/m0/s1. The highest BCUT2D eigenvalue weighted by molar-refractivity contribution is 6.30. The number of hydrogen-bond acceptors (Lipinski definition) is 5. The molecule has 3 amide bonds. The molecule has 0 saturated carbocycles. The second-order valence-corrected chi connectivity index (χ2v) is 11.1. The van der Waals surface area contributed by atoms with Crippen LogP contribution in [0.15, 0.2) is 72.8 Å². The Labute approximate surface area is 237 Å². The van der Waals surface area contributed by atoms with Crippen molar-refractivity contribution >= 4 is 41.0 Å². The van der Waals surface area contributed by atoms with Gasteiger partial charge in [-0.05, 0) is 52.9 Å². The van der Waals surface area contributed by atoms with Gasteiger partial charge in [0.15, 0.2) is 6.61 Å². The third-order valence-electron chi connectivity index (χ3n) is 8.37. The predicted molar refractivity (Wildman–Crippen MR) is 150 cm³/mol. The number of likely N-dealkylation sites (tertiary alicyclic amines) is 1. The van der Waals surface area contributed by atoms with Gasteiger partial charge in [0.1, 0.15) is 6.04 Å². The maximum absolute atomic E-state index is 14.1. The average Bonchev–Trinajstić information content (AvgIpc) is 3.23. The molecule has 1 fully saturated rings. The number of carbonyl (C=O) groups is 4. The van der Waals surface area contributed by atoms with Gasteiger partial charge >= 0.3 is 5.97 Å². The largest absolute Gasteiger partial charge is 0.454 e. The van der Waals surface area contributed by atoms with E-state index in [-0.39, 0.29) is 30.1 Å². The molecule has 0 spiro atoms. The number of halogens is 1. The number of nitrogens with one attached hydrogen (secondary N) is 1. The number of esters is 1. The molecule has 1 saturated heterocycles. The SMILES string of the molecule is CCCC[C@@H](C(=O)OCC(=O)Nc1ccc(Cl)cc1)N1C(=O)[C@@H]2C3c4ccccc4C(c4ccccc43)[C@@H]2C1=O. The number of imide groups is 1. The molecule has 3 atom stereocenters. The first-order valence-corrected chi connectivity index (χ1v) is 14.0. The Bertz CT molecular complexity index is 1390. The zero-order chi connectivity index (χ0) is 28.0. The molecule has 0 radical (unpaired) electrons. The number of carbonyl (C=O) groups excluding carboxylic acids is 4. The third kappa shape index (κ3) is 4.29. The summed E-state index contributed by atoms with van der Waals surface area (Å²) < 4.78 is 5.39. The minimum atomic E-state index is -1.08. The van der Waals surface area contributed by atoms with Crippen molar-refractivity contribution in [2.75, 3.05) is 11.9 Å². The summed E-state index contributed by atoms with van der Waals surface area (Å²) in [5.41, 5.74) is 4.80. The van der Waals surface area contributed by atoms with Crippen LogP contribution in [0.25, 0.3) is 0 Å². The van der Waals surface area contributed by atoms with Gasteiger partial charge in [-0.1, -0.05) is 79.9 Å². The van der Waals surface area contributed by atoms with Crippen LogP contribution >= 0.6 is 11.6 Å². The zero-order valence-electron chi connectivity index (χ0n) is 22.0. The van der Waals surface area contributed by atoms with E-state index in [0.29, 0.717) is 17.1 Å². The van der Waals surface area contributed by atoms with Crippen LogP contribution in [0.4, 0.5) is 5.69 Å². The number of nitrogens with zero attached hydrogens (tertiary/aromatic N) is 1. The Hall–Kier alpha value is -3.97. The molecule has 4 aliphatic rings. The second-order valence-electron chi connectivity index (χ2n) is 10.6. The van der Waals surface area contributed by atoms with Crippen molar-refractivity contribution < 1.29 is 23.9 Å². The van der Waals surface area contributed by atoms with Crippen molar-refractivity contribution in [3.8, 4) is 0 Å². The van der Waals surface area contributed by atoms with E-state index in [9.17, 15) is 19.2 Å². The van der Waals surface area contributed by atoms with E-state index in [1.54, 1.807) is 24.3 Å². The lowest BCUT2D eigenvalue weighted by molar-refractivity contribution is -0.160. The molecule has 204 valence electrons. The van der Waals surface area contributed by atoms with Gasteiger partial charge < -0.3 is 10.1 Å². The molecular formula is C32H29ClN2O5. The number of ether oxygens (including phenoxy) is 1. The number of rotatable bonds is 8. The molecule has 1 aliphatic heterocycles. The summed E-state index contributed by atoms with van der Waals surface area (Å²) in [5, 5.41) is 3.18. The van der Waals surface area contributed by atoms with Crippen LogP contribution < -0.4 is 5.32 Å². The summed E-state index contributed by atoms with van der Waals surface area (Å²) >= 11 is 5.89. The molecule has 7 rings (SSSR count). The third-order valence-corrected chi connectivity index (χ3v) is 8.62. The minimum absolute atomic E-state index is 0.253. The van der Waals surface area contributed by atoms with E-state index in [1.165, 1.54) is 0 Å². The number of unbranched alkanes of at least 4 members (excludes halogenated alkanes) is 1. The van der Waals surface area contributed by atoms with Crippen LogP contribution in [0.5, 0.6) is 0 Å². The molecule has 0 unspecified atom stereocenters. The smallest absolute Gasteiger partial charge is 0.329 e. The first kappa shape index (κ1) is 26.3. The van der Waals surface area contributed by atoms with Crippen molar-refractivity contribution in [3.63, 3.8) is 0 Å². The zero-order valence-corrected chi connectivity index (χ0v) is 22.8. The highest BCUT2D eigenvalue weighted by Crippen LogP contribution is 2.61. The van der Waals surface area contributed by atoms with E-state index in [1.807, 2.05) is 55.5 Å². The average molecular weight is 557 g/mol. The minimum Gasteiger partial charge on any atom is -0.454 e. The van der Waals surface area contributed by atoms with Gasteiger partial charge in [-0.15, -0.1) is 0 Å². The van der Waals surface area contributed by atoms with Crippen LogP contribution in [0.2, 0.25) is 5.02 Å². The fourth-order valence-corrected chi connectivity index (χ4v) is 6.85. The van der Waals surface area contributed by atoms with Crippen molar-refractivity contribution in [1.82, 2.24) is 4.90 Å². The summed E-state index contributed by atoms with van der Waals surface area (Å²) in [6, 6.07) is 21.5. The van der Waals surface area contributed by atoms with E-state index < -0.39 is 36.4 Å². The summed E-state index contributed by atoms with van der Waals surface area (Å²) in [4.78, 5) is 55.2. The maximum atomic E-state index is 14.1. The van der Waals surface area contributed by atoms with Crippen LogP contribution in [0.3, 0.4) is 0 Å². The monoisotopic (exact) mass is 556 g/mol. The van der Waals surface area contributed by atoms with Gasteiger partial charge in [-0.25, -0.2) is 4.79 Å². The first-order valence-electron chi connectivity index (χ1n) is 13.7.